The van der Waals surface area contributed by atoms with Gasteiger partial charge in [-0.25, -0.2) is 0 Å². The lowest BCUT2D eigenvalue weighted by Crippen LogP contribution is -2.48. The van der Waals surface area contributed by atoms with Crippen molar-refractivity contribution in [1.82, 2.24) is 9.80 Å². The molecule has 0 aromatic carbocycles. The van der Waals surface area contributed by atoms with Crippen LogP contribution < -0.4 is 0 Å². The summed E-state index contributed by atoms with van der Waals surface area (Å²) in [6.45, 7) is 7.64. The number of rotatable bonds is 4. The van der Waals surface area contributed by atoms with E-state index in [2.05, 4.69) is 9.80 Å². The first-order valence-corrected chi connectivity index (χ1v) is 7.05. The fraction of sp³-hybridized carbons (Fsp3) is 1.00. The van der Waals surface area contributed by atoms with Gasteiger partial charge in [0.1, 0.15) is 0 Å². The van der Waals surface area contributed by atoms with E-state index in [4.69, 9.17) is 22.6 Å². The molecule has 18 heavy (non-hydrogen) atoms. The Balaban J connectivity index is 0.000000494. The second-order valence-electron chi connectivity index (χ2n) is 4.16. The van der Waals surface area contributed by atoms with Gasteiger partial charge in [-0.15, -0.1) is 0 Å². The molecule has 0 spiro atoms. The molecular formula is C9H22N2O6S. The molecule has 9 heteroatoms. The molecule has 8 nitrogen and oxygen atoms in total. The Morgan fingerprint density at radius 1 is 1.11 bits per heavy atom. The zero-order chi connectivity index (χ0) is 14.2. The second-order valence-corrected chi connectivity index (χ2v) is 5.06. The lowest BCUT2D eigenvalue weighted by Gasteiger charge is -2.34. The molecule has 110 valence electrons. The molecule has 1 atom stereocenters. The molecule has 0 aromatic rings. The van der Waals surface area contributed by atoms with Crippen LogP contribution in [-0.4, -0.2) is 89.5 Å². The van der Waals surface area contributed by atoms with Crippen molar-refractivity contribution >= 4 is 10.4 Å². The third kappa shape index (κ3) is 12.2. The molecule has 1 saturated heterocycles. The van der Waals surface area contributed by atoms with Crippen LogP contribution in [0.1, 0.15) is 6.92 Å². The highest BCUT2D eigenvalue weighted by atomic mass is 32.3. The van der Waals surface area contributed by atoms with Gasteiger partial charge in [-0.2, -0.15) is 8.42 Å². The van der Waals surface area contributed by atoms with Gasteiger partial charge < -0.3 is 10.2 Å². The largest absolute Gasteiger partial charge is 0.395 e. The predicted octanol–water partition coefficient (Wildman–Crippen LogP) is -1.68. The predicted molar refractivity (Wildman–Crippen MR) is 65.8 cm³/mol. The summed E-state index contributed by atoms with van der Waals surface area (Å²) in [5.41, 5.74) is 0. The summed E-state index contributed by atoms with van der Waals surface area (Å²) in [4.78, 5) is 4.51. The molecule has 1 rings (SSSR count). The lowest BCUT2D eigenvalue weighted by atomic mass is 10.3. The van der Waals surface area contributed by atoms with Crippen LogP contribution in [0, 0.1) is 0 Å². The molecule has 1 fully saturated rings. The molecule has 1 aliphatic heterocycles. The van der Waals surface area contributed by atoms with E-state index in [0.29, 0.717) is 0 Å². The summed E-state index contributed by atoms with van der Waals surface area (Å²) in [5, 5.41) is 17.9. The zero-order valence-electron chi connectivity index (χ0n) is 10.4. The normalized spacial score (nSPS) is 20.1. The van der Waals surface area contributed by atoms with E-state index < -0.39 is 10.4 Å². The Morgan fingerprint density at radius 2 is 1.50 bits per heavy atom. The third-order valence-corrected chi connectivity index (χ3v) is 2.40. The molecule has 0 amide bonds. The highest BCUT2D eigenvalue weighted by Crippen LogP contribution is 2.01. The summed E-state index contributed by atoms with van der Waals surface area (Å²) in [6.07, 6.45) is -0.232. The first kappa shape index (κ1) is 17.7. The van der Waals surface area contributed by atoms with E-state index in [0.717, 1.165) is 39.3 Å². The molecule has 1 heterocycles. The number of β-amino-alcohol motifs (C(OH)–C–C–N with tert-alkyl or cyclic N) is 2. The molecule has 0 aromatic heterocycles. The van der Waals surface area contributed by atoms with Gasteiger partial charge in [0.25, 0.3) is 0 Å². The van der Waals surface area contributed by atoms with Crippen LogP contribution in [0.5, 0.6) is 0 Å². The van der Waals surface area contributed by atoms with Crippen molar-refractivity contribution in [1.29, 1.82) is 0 Å². The highest BCUT2D eigenvalue weighted by molar-refractivity contribution is 7.79. The molecule has 0 bridgehead atoms. The van der Waals surface area contributed by atoms with Crippen LogP contribution in [-0.2, 0) is 10.4 Å². The van der Waals surface area contributed by atoms with Crippen molar-refractivity contribution in [3.63, 3.8) is 0 Å². The molecule has 4 N–H and O–H groups in total. The van der Waals surface area contributed by atoms with Crippen molar-refractivity contribution in [2.75, 3.05) is 45.9 Å². The van der Waals surface area contributed by atoms with Crippen LogP contribution >= 0.6 is 0 Å². The Morgan fingerprint density at radius 3 is 1.83 bits per heavy atom. The Bertz CT molecular complexity index is 292. The minimum atomic E-state index is -4.67. The van der Waals surface area contributed by atoms with Crippen LogP contribution in [0.2, 0.25) is 0 Å². The Labute approximate surface area is 107 Å². The first-order chi connectivity index (χ1) is 8.22. The van der Waals surface area contributed by atoms with Crippen molar-refractivity contribution in [3.8, 4) is 0 Å². The summed E-state index contributed by atoms with van der Waals surface area (Å²) in [5.74, 6) is 0. The fourth-order valence-corrected chi connectivity index (χ4v) is 1.71. The molecule has 0 saturated carbocycles. The number of hydrogen-bond acceptors (Lipinski definition) is 6. The monoisotopic (exact) mass is 286 g/mol. The van der Waals surface area contributed by atoms with Gasteiger partial charge in [-0.05, 0) is 6.92 Å². The molecule has 1 unspecified atom stereocenters. The van der Waals surface area contributed by atoms with Gasteiger partial charge in [-0.1, -0.05) is 0 Å². The SMILES string of the molecule is CC(O)CN1CCN(CCO)CC1.O=S(=O)(O)O. The van der Waals surface area contributed by atoms with Crippen LogP contribution in [0.3, 0.4) is 0 Å². The Hall–Kier alpha value is -0.290. The van der Waals surface area contributed by atoms with Gasteiger partial charge >= 0.3 is 10.4 Å². The van der Waals surface area contributed by atoms with Crippen molar-refractivity contribution < 1.29 is 27.7 Å². The maximum atomic E-state index is 9.18. The minimum Gasteiger partial charge on any atom is -0.395 e. The van der Waals surface area contributed by atoms with E-state index in [-0.39, 0.29) is 12.7 Å². The van der Waals surface area contributed by atoms with Crippen LogP contribution in [0.25, 0.3) is 0 Å². The number of nitrogens with zero attached hydrogens (tertiary/aromatic N) is 2. The van der Waals surface area contributed by atoms with E-state index in [1.165, 1.54) is 0 Å². The van der Waals surface area contributed by atoms with Gasteiger partial charge in [0.2, 0.25) is 0 Å². The summed E-state index contributed by atoms with van der Waals surface area (Å²) in [6, 6.07) is 0. The standard InChI is InChI=1S/C9H20N2O2.H2O4S/c1-9(13)8-11-4-2-10(3-5-11)6-7-12;1-5(2,3)4/h9,12-13H,2-8H2,1H3;(H2,1,2,3,4). The zero-order valence-corrected chi connectivity index (χ0v) is 11.3. The quantitative estimate of drug-likeness (QED) is 0.452. The highest BCUT2D eigenvalue weighted by Gasteiger charge is 2.16. The number of aliphatic hydroxyl groups is 2. The van der Waals surface area contributed by atoms with Gasteiger partial charge in [-0.3, -0.25) is 18.9 Å². The molecule has 0 radical (unpaired) electrons. The van der Waals surface area contributed by atoms with Gasteiger partial charge in [0, 0.05) is 39.3 Å². The minimum absolute atomic E-state index is 0.232. The average Bonchev–Trinajstić information content (AvgIpc) is 2.18. The van der Waals surface area contributed by atoms with Crippen LogP contribution in [0.4, 0.5) is 0 Å². The Kier molecular flexibility index (Phi) is 8.61. The van der Waals surface area contributed by atoms with Gasteiger partial charge in [0.15, 0.2) is 0 Å². The number of piperazine rings is 1. The van der Waals surface area contributed by atoms with Crippen molar-refractivity contribution in [2.24, 2.45) is 0 Å². The van der Waals surface area contributed by atoms with Crippen molar-refractivity contribution in [2.45, 2.75) is 13.0 Å². The molecule has 0 aliphatic carbocycles. The maximum absolute atomic E-state index is 9.18. The van der Waals surface area contributed by atoms with E-state index in [1.54, 1.807) is 0 Å². The summed E-state index contributed by atoms with van der Waals surface area (Å²) >= 11 is 0. The molecule has 1 aliphatic rings. The fourth-order valence-electron chi connectivity index (χ4n) is 1.71. The van der Waals surface area contributed by atoms with E-state index in [9.17, 15) is 5.11 Å². The lowest BCUT2D eigenvalue weighted by molar-refractivity contribution is 0.0732. The average molecular weight is 286 g/mol. The van der Waals surface area contributed by atoms with Gasteiger partial charge in [0.05, 0.1) is 12.7 Å². The first-order valence-electron chi connectivity index (χ1n) is 5.66. The topological polar surface area (TPSA) is 122 Å². The number of aliphatic hydroxyl groups excluding tert-OH is 2. The second kappa shape index (κ2) is 8.75. The van der Waals surface area contributed by atoms with E-state index in [1.807, 2.05) is 6.92 Å². The maximum Gasteiger partial charge on any atom is 0.394 e. The van der Waals surface area contributed by atoms with E-state index >= 15 is 0 Å². The number of hydrogen-bond donors (Lipinski definition) is 4. The molecular weight excluding hydrogens is 264 g/mol. The third-order valence-electron chi connectivity index (χ3n) is 2.40. The van der Waals surface area contributed by atoms with Crippen LogP contribution in [0.15, 0.2) is 0 Å². The smallest absolute Gasteiger partial charge is 0.394 e. The summed E-state index contributed by atoms with van der Waals surface area (Å²) < 4.78 is 31.6. The summed E-state index contributed by atoms with van der Waals surface area (Å²) in [7, 11) is -4.67. The van der Waals surface area contributed by atoms with Crippen molar-refractivity contribution in [3.05, 3.63) is 0 Å².